The molecule has 1 aromatic carbocycles. The molecule has 0 aliphatic rings. The van der Waals surface area contributed by atoms with Gasteiger partial charge in [0.05, 0.1) is 6.54 Å². The van der Waals surface area contributed by atoms with Crippen LogP contribution in [0.15, 0.2) is 36.8 Å². The van der Waals surface area contributed by atoms with Gasteiger partial charge in [0.2, 0.25) is 0 Å². The van der Waals surface area contributed by atoms with Gasteiger partial charge in [0.25, 0.3) is 0 Å². The van der Waals surface area contributed by atoms with E-state index in [9.17, 15) is 0 Å². The van der Waals surface area contributed by atoms with Crippen molar-refractivity contribution in [2.24, 2.45) is 5.73 Å². The minimum absolute atomic E-state index is 0.314. The predicted octanol–water partition coefficient (Wildman–Crippen LogP) is 2.32. The lowest BCUT2D eigenvalue weighted by Crippen LogP contribution is -2.11. The van der Waals surface area contributed by atoms with Crippen LogP contribution < -0.4 is 5.73 Å². The maximum Gasteiger partial charge on any atom is 0.147 e. The van der Waals surface area contributed by atoms with Crippen LogP contribution in [0.5, 0.6) is 0 Å². The first-order valence-electron chi connectivity index (χ1n) is 6.85. The maximum atomic E-state index is 5.72. The Morgan fingerprint density at radius 2 is 2.10 bits per heavy atom. The molecule has 0 unspecified atom stereocenters. The zero-order valence-corrected chi connectivity index (χ0v) is 11.8. The van der Waals surface area contributed by atoms with Crippen LogP contribution in [0, 0.1) is 0 Å². The van der Waals surface area contributed by atoms with Gasteiger partial charge in [-0.3, -0.25) is 0 Å². The Balaban J connectivity index is 2.00. The van der Waals surface area contributed by atoms with Crippen molar-refractivity contribution in [3.63, 3.8) is 0 Å². The molecule has 0 saturated carbocycles. The van der Waals surface area contributed by atoms with Gasteiger partial charge >= 0.3 is 0 Å². The average Bonchev–Trinajstić information content (AvgIpc) is 3.06. The highest BCUT2D eigenvalue weighted by Crippen LogP contribution is 2.19. The quantitative estimate of drug-likeness (QED) is 0.790. The normalized spacial score (nSPS) is 11.6. The molecule has 5 nitrogen and oxygen atoms in total. The van der Waals surface area contributed by atoms with Crippen LogP contribution >= 0.6 is 0 Å². The fourth-order valence-electron chi connectivity index (χ4n) is 2.47. The molecule has 2 heterocycles. The summed E-state index contributed by atoms with van der Waals surface area (Å²) < 4.78 is 4.15. The summed E-state index contributed by atoms with van der Waals surface area (Å²) in [6.45, 7) is 5.50. The molecule has 3 aromatic rings. The van der Waals surface area contributed by atoms with Crippen LogP contribution in [0.25, 0.3) is 10.9 Å². The van der Waals surface area contributed by atoms with Crippen molar-refractivity contribution >= 4 is 10.9 Å². The summed E-state index contributed by atoms with van der Waals surface area (Å²) in [6, 6.07) is 8.76. The lowest BCUT2D eigenvalue weighted by molar-refractivity contribution is 0.498. The first-order valence-corrected chi connectivity index (χ1v) is 6.85. The average molecular weight is 269 g/mol. The van der Waals surface area contributed by atoms with Gasteiger partial charge in [-0.2, -0.15) is 5.10 Å². The highest BCUT2D eigenvalue weighted by atomic mass is 15.4. The molecule has 0 saturated heterocycles. The third-order valence-corrected chi connectivity index (χ3v) is 3.52. The van der Waals surface area contributed by atoms with Gasteiger partial charge in [-0.1, -0.05) is 12.1 Å². The van der Waals surface area contributed by atoms with Gasteiger partial charge in [-0.05, 0) is 36.9 Å². The number of hydrogen-bond acceptors (Lipinski definition) is 3. The van der Waals surface area contributed by atoms with E-state index in [-0.39, 0.29) is 0 Å². The van der Waals surface area contributed by atoms with Crippen LogP contribution in [-0.4, -0.2) is 19.3 Å². The largest absolute Gasteiger partial charge is 0.340 e. The van der Waals surface area contributed by atoms with Crippen molar-refractivity contribution in [1.82, 2.24) is 19.3 Å². The number of hydrogen-bond donors (Lipinski definition) is 1. The van der Waals surface area contributed by atoms with Crippen molar-refractivity contribution in [1.29, 1.82) is 0 Å². The number of fused-ring (bicyclic) bond motifs is 1. The van der Waals surface area contributed by atoms with E-state index < -0.39 is 0 Å². The summed E-state index contributed by atoms with van der Waals surface area (Å²) in [5.74, 6) is 0.968. The van der Waals surface area contributed by atoms with Crippen LogP contribution in [0.2, 0.25) is 0 Å². The molecule has 5 heteroatoms. The van der Waals surface area contributed by atoms with E-state index in [1.807, 2.05) is 4.68 Å². The molecule has 0 fully saturated rings. The van der Waals surface area contributed by atoms with Gasteiger partial charge in [-0.15, -0.1) is 0 Å². The molecular formula is C15H19N5. The molecule has 0 aliphatic heterocycles. The zero-order valence-electron chi connectivity index (χ0n) is 11.8. The predicted molar refractivity (Wildman–Crippen MR) is 79.3 cm³/mol. The minimum atomic E-state index is 0.314. The van der Waals surface area contributed by atoms with E-state index in [0.717, 1.165) is 17.9 Å². The summed E-state index contributed by atoms with van der Waals surface area (Å²) in [5.41, 5.74) is 8.05. The van der Waals surface area contributed by atoms with Crippen LogP contribution in [-0.2, 0) is 13.1 Å². The second-order valence-electron chi connectivity index (χ2n) is 5.26. The molecule has 2 N–H and O–H groups in total. The number of benzene rings is 1. The highest BCUT2D eigenvalue weighted by Gasteiger charge is 2.10. The highest BCUT2D eigenvalue weighted by molar-refractivity contribution is 5.80. The van der Waals surface area contributed by atoms with E-state index in [2.05, 4.69) is 59.0 Å². The second-order valence-corrected chi connectivity index (χ2v) is 5.26. The second kappa shape index (κ2) is 5.09. The Morgan fingerprint density at radius 1 is 1.25 bits per heavy atom. The first-order chi connectivity index (χ1) is 9.69. The zero-order chi connectivity index (χ0) is 14.1. The molecule has 0 atom stereocenters. The van der Waals surface area contributed by atoms with E-state index in [0.29, 0.717) is 12.6 Å². The van der Waals surface area contributed by atoms with Crippen LogP contribution in [0.4, 0.5) is 0 Å². The summed E-state index contributed by atoms with van der Waals surface area (Å²) in [6.07, 6.45) is 3.71. The molecule has 0 aliphatic carbocycles. The monoisotopic (exact) mass is 269 g/mol. The summed E-state index contributed by atoms with van der Waals surface area (Å²) in [4.78, 5) is 4.37. The van der Waals surface area contributed by atoms with Gasteiger partial charge in [0.1, 0.15) is 12.2 Å². The standard InChI is InChI=1S/C15H19N5/c1-11(2)20-15(17-10-18-20)9-19-6-5-13-4-3-12(8-16)7-14(13)19/h3-7,10-11H,8-9,16H2,1-2H3. The lowest BCUT2D eigenvalue weighted by Gasteiger charge is -2.11. The number of aromatic nitrogens is 4. The third-order valence-electron chi connectivity index (χ3n) is 3.52. The van der Waals surface area contributed by atoms with Crippen molar-refractivity contribution in [2.75, 3.05) is 0 Å². The van der Waals surface area contributed by atoms with Gasteiger partial charge in [0.15, 0.2) is 0 Å². The lowest BCUT2D eigenvalue weighted by atomic mass is 10.1. The number of nitrogens with zero attached hydrogens (tertiary/aromatic N) is 4. The van der Waals surface area contributed by atoms with E-state index in [4.69, 9.17) is 5.73 Å². The SMILES string of the molecule is CC(C)n1ncnc1Cn1ccc2ccc(CN)cc21. The molecule has 0 spiro atoms. The van der Waals surface area contributed by atoms with Crippen LogP contribution in [0.3, 0.4) is 0 Å². The Hall–Kier alpha value is -2.14. The molecule has 0 bridgehead atoms. The van der Waals surface area contributed by atoms with E-state index in [1.165, 1.54) is 10.9 Å². The topological polar surface area (TPSA) is 61.7 Å². The Bertz CT molecular complexity index is 723. The van der Waals surface area contributed by atoms with E-state index in [1.54, 1.807) is 6.33 Å². The van der Waals surface area contributed by atoms with Crippen molar-refractivity contribution in [2.45, 2.75) is 33.0 Å². The third kappa shape index (κ3) is 2.20. The number of rotatable bonds is 4. The Labute approximate surface area is 118 Å². The van der Waals surface area contributed by atoms with Gasteiger partial charge in [0, 0.05) is 24.3 Å². The van der Waals surface area contributed by atoms with Crippen LogP contribution in [0.1, 0.15) is 31.3 Å². The fraction of sp³-hybridized carbons (Fsp3) is 0.333. The summed E-state index contributed by atoms with van der Waals surface area (Å²) in [7, 11) is 0. The molecule has 3 rings (SSSR count). The summed E-state index contributed by atoms with van der Waals surface area (Å²) >= 11 is 0. The molecule has 20 heavy (non-hydrogen) atoms. The van der Waals surface area contributed by atoms with E-state index >= 15 is 0 Å². The minimum Gasteiger partial charge on any atom is -0.340 e. The fourth-order valence-corrected chi connectivity index (χ4v) is 2.47. The van der Waals surface area contributed by atoms with Gasteiger partial charge in [-0.25, -0.2) is 9.67 Å². The maximum absolute atomic E-state index is 5.72. The van der Waals surface area contributed by atoms with Crippen molar-refractivity contribution in [3.8, 4) is 0 Å². The molecule has 2 aromatic heterocycles. The number of nitrogens with two attached hydrogens (primary N) is 1. The first kappa shape index (κ1) is 12.9. The molecule has 0 radical (unpaired) electrons. The molecule has 104 valence electrons. The Morgan fingerprint density at radius 3 is 2.85 bits per heavy atom. The molecule has 0 amide bonds. The summed E-state index contributed by atoms with van der Waals surface area (Å²) in [5, 5.41) is 5.50. The Kier molecular flexibility index (Phi) is 3.28. The smallest absolute Gasteiger partial charge is 0.147 e. The van der Waals surface area contributed by atoms with Gasteiger partial charge < -0.3 is 10.3 Å². The van der Waals surface area contributed by atoms with Crippen molar-refractivity contribution < 1.29 is 0 Å². The van der Waals surface area contributed by atoms with Crippen molar-refractivity contribution in [3.05, 3.63) is 48.2 Å². The molecular weight excluding hydrogens is 250 g/mol.